The van der Waals surface area contributed by atoms with Crippen molar-refractivity contribution in [1.82, 2.24) is 24.9 Å². The molecule has 0 unspecified atom stereocenters. The second-order valence-electron chi connectivity index (χ2n) is 14.5. The van der Waals surface area contributed by atoms with E-state index in [1.807, 2.05) is 91.8 Å². The maximum Gasteiger partial charge on any atom is 0.405 e. The number of piperidine rings is 1. The molecule has 0 saturated carbocycles. The van der Waals surface area contributed by atoms with Crippen molar-refractivity contribution in [2.24, 2.45) is 5.92 Å². The Morgan fingerprint density at radius 2 is 1.54 bits per heavy atom. The zero-order valence-electron chi connectivity index (χ0n) is 30.3. The van der Waals surface area contributed by atoms with Crippen LogP contribution < -0.4 is 5.32 Å². The lowest BCUT2D eigenvalue weighted by Crippen LogP contribution is -2.57. The second kappa shape index (κ2) is 17.3. The molecule has 4 rings (SSSR count). The lowest BCUT2D eigenvalue weighted by atomic mass is 9.95. The van der Waals surface area contributed by atoms with E-state index in [0.717, 1.165) is 41.3 Å². The number of hydrogen-bond acceptors (Lipinski definition) is 5. The summed E-state index contributed by atoms with van der Waals surface area (Å²) in [4.78, 5) is 61.0. The summed E-state index contributed by atoms with van der Waals surface area (Å²) in [5.41, 5.74) is 1.05. The summed E-state index contributed by atoms with van der Waals surface area (Å²) in [6.07, 6.45) is 4.70. The molecule has 4 amide bonds. The van der Waals surface area contributed by atoms with Crippen molar-refractivity contribution in [3.05, 3.63) is 96.1 Å². The number of nitrogens with zero attached hydrogens (tertiary/aromatic N) is 4. The van der Waals surface area contributed by atoms with Crippen LogP contribution in [0.5, 0.6) is 0 Å². The van der Waals surface area contributed by atoms with Crippen LogP contribution in [0.15, 0.2) is 84.9 Å². The molecule has 268 valence electrons. The summed E-state index contributed by atoms with van der Waals surface area (Å²) in [5, 5.41) is 13.7. The van der Waals surface area contributed by atoms with E-state index in [1.54, 1.807) is 38.9 Å². The van der Waals surface area contributed by atoms with E-state index in [0.29, 0.717) is 25.4 Å². The third-order valence-electron chi connectivity index (χ3n) is 9.50. The molecule has 0 bridgehead atoms. The van der Waals surface area contributed by atoms with Gasteiger partial charge in [0.25, 0.3) is 0 Å². The Labute approximate surface area is 296 Å². The highest BCUT2D eigenvalue weighted by molar-refractivity contribution is 5.95. The third kappa shape index (κ3) is 10.6. The molecule has 1 heterocycles. The molecule has 10 nitrogen and oxygen atoms in total. The molecular formula is C40H53N5O5. The zero-order chi connectivity index (χ0) is 36.4. The summed E-state index contributed by atoms with van der Waals surface area (Å²) < 4.78 is 0. The number of nitrogens with one attached hydrogen (secondary N) is 1. The van der Waals surface area contributed by atoms with Gasteiger partial charge in [-0.05, 0) is 81.1 Å². The Morgan fingerprint density at radius 1 is 0.880 bits per heavy atom. The minimum atomic E-state index is -1.15. The van der Waals surface area contributed by atoms with E-state index < -0.39 is 29.6 Å². The molecule has 3 aromatic carbocycles. The van der Waals surface area contributed by atoms with Crippen LogP contribution >= 0.6 is 0 Å². The topological polar surface area (TPSA) is 114 Å². The highest BCUT2D eigenvalue weighted by Crippen LogP contribution is 2.23. The van der Waals surface area contributed by atoms with Crippen LogP contribution in [0.25, 0.3) is 10.8 Å². The van der Waals surface area contributed by atoms with Crippen molar-refractivity contribution >= 4 is 34.6 Å². The molecule has 0 aromatic heterocycles. The van der Waals surface area contributed by atoms with Gasteiger partial charge in [0.05, 0.1) is 0 Å². The van der Waals surface area contributed by atoms with E-state index in [9.17, 15) is 19.2 Å². The van der Waals surface area contributed by atoms with E-state index >= 15 is 0 Å². The van der Waals surface area contributed by atoms with Crippen molar-refractivity contribution in [2.45, 2.75) is 63.6 Å². The molecule has 1 fully saturated rings. The van der Waals surface area contributed by atoms with Gasteiger partial charge in [0.1, 0.15) is 12.1 Å². The first-order chi connectivity index (χ1) is 23.7. The monoisotopic (exact) mass is 683 g/mol. The largest absolute Gasteiger partial charge is 0.465 e. The third-order valence-corrected chi connectivity index (χ3v) is 9.50. The highest BCUT2D eigenvalue weighted by Gasteiger charge is 2.37. The number of amides is 4. The fourth-order valence-electron chi connectivity index (χ4n) is 6.80. The van der Waals surface area contributed by atoms with Gasteiger partial charge in [-0.2, -0.15) is 0 Å². The summed E-state index contributed by atoms with van der Waals surface area (Å²) in [5.74, 6) is -0.448. The number of likely N-dealkylation sites (tertiary alicyclic amines) is 1. The SMILES string of the molecule is CN(C)C[C@@H]1CCCN(C(=O)[C@@H](Cc2ccccc2)N(C)C(=O)[C@@H](Cc2ccc3ccccc3c2)N(C)C(=O)/C=C/CC(C)(C)NC(=O)O)C1. The molecule has 0 radical (unpaired) electrons. The Hall–Kier alpha value is -4.70. The van der Waals surface area contributed by atoms with Crippen LogP contribution in [0.3, 0.4) is 0 Å². The summed E-state index contributed by atoms with van der Waals surface area (Å²) >= 11 is 0. The smallest absolute Gasteiger partial charge is 0.405 e. The number of fused-ring (bicyclic) bond motifs is 1. The second-order valence-corrected chi connectivity index (χ2v) is 14.5. The predicted molar refractivity (Wildman–Crippen MR) is 198 cm³/mol. The first-order valence-electron chi connectivity index (χ1n) is 17.4. The molecule has 1 saturated heterocycles. The number of likely N-dealkylation sites (N-methyl/N-ethyl adjacent to an activating group) is 2. The number of hydrogen-bond donors (Lipinski definition) is 2. The van der Waals surface area contributed by atoms with Crippen LogP contribution in [0.4, 0.5) is 4.79 Å². The quantitative estimate of drug-likeness (QED) is 0.230. The lowest BCUT2D eigenvalue weighted by molar-refractivity contribution is -0.150. The van der Waals surface area contributed by atoms with Gasteiger partial charge in [-0.25, -0.2) is 4.79 Å². The fourth-order valence-corrected chi connectivity index (χ4v) is 6.80. The van der Waals surface area contributed by atoms with Crippen LogP contribution in [-0.2, 0) is 27.2 Å². The first-order valence-corrected chi connectivity index (χ1v) is 17.4. The van der Waals surface area contributed by atoms with Crippen LogP contribution in [-0.4, -0.2) is 114 Å². The minimum Gasteiger partial charge on any atom is -0.465 e. The van der Waals surface area contributed by atoms with E-state index in [4.69, 9.17) is 5.11 Å². The Kier molecular flexibility index (Phi) is 13.2. The first kappa shape index (κ1) is 38.1. The standard InChI is InChI=1S/C40H53N5O5/c1-40(2,41-39(49)50)22-12-19-36(46)43(5)34(26-30-20-21-32-17-10-11-18-33(32)24-30)37(47)44(6)35(25-29-14-8-7-9-15-29)38(48)45-23-13-16-31(28-45)27-42(3)4/h7-12,14-15,17-21,24,31,34-35,41H,13,16,22-23,25-28H2,1-6H3,(H,49,50)/b19-12+/t31-,34+,35+/m0/s1. The van der Waals surface area contributed by atoms with Gasteiger partial charge in [-0.3, -0.25) is 14.4 Å². The molecule has 3 aromatic rings. The Bertz CT molecular complexity index is 1660. The number of carboxylic acid groups (broad SMARTS) is 1. The van der Waals surface area contributed by atoms with E-state index in [-0.39, 0.29) is 24.7 Å². The molecule has 2 N–H and O–H groups in total. The van der Waals surface area contributed by atoms with Crippen LogP contribution in [0.1, 0.15) is 44.2 Å². The Morgan fingerprint density at radius 3 is 2.22 bits per heavy atom. The van der Waals surface area contributed by atoms with Gasteiger partial charge in [-0.1, -0.05) is 78.9 Å². The van der Waals surface area contributed by atoms with Gasteiger partial charge in [0.15, 0.2) is 0 Å². The molecule has 0 spiro atoms. The zero-order valence-corrected chi connectivity index (χ0v) is 30.3. The summed E-state index contributed by atoms with van der Waals surface area (Å²) in [6, 6.07) is 22.1. The molecule has 0 aliphatic carbocycles. The lowest BCUT2D eigenvalue weighted by Gasteiger charge is -2.39. The highest BCUT2D eigenvalue weighted by atomic mass is 16.4. The van der Waals surface area contributed by atoms with Crippen LogP contribution in [0.2, 0.25) is 0 Å². The van der Waals surface area contributed by atoms with Gasteiger partial charge < -0.3 is 30.0 Å². The van der Waals surface area contributed by atoms with Gasteiger partial charge in [-0.15, -0.1) is 0 Å². The minimum absolute atomic E-state index is 0.0837. The molecule has 50 heavy (non-hydrogen) atoms. The van der Waals surface area contributed by atoms with Gasteiger partial charge >= 0.3 is 6.09 Å². The van der Waals surface area contributed by atoms with Crippen LogP contribution in [0, 0.1) is 5.92 Å². The maximum atomic E-state index is 14.7. The fraction of sp³-hybridized carbons (Fsp3) is 0.450. The number of carbonyl (C=O) groups excluding carboxylic acids is 3. The summed E-state index contributed by atoms with van der Waals surface area (Å²) in [6.45, 7) is 5.64. The van der Waals surface area contributed by atoms with Crippen molar-refractivity contribution in [3.63, 3.8) is 0 Å². The average Bonchev–Trinajstić information content (AvgIpc) is 3.08. The molecule has 1 aliphatic rings. The number of benzene rings is 3. The van der Waals surface area contributed by atoms with E-state index in [1.165, 1.54) is 11.0 Å². The average molecular weight is 684 g/mol. The maximum absolute atomic E-state index is 14.7. The van der Waals surface area contributed by atoms with E-state index in [2.05, 4.69) is 10.2 Å². The van der Waals surface area contributed by atoms with Gasteiger partial charge in [0, 0.05) is 52.1 Å². The Balaban J connectivity index is 1.65. The van der Waals surface area contributed by atoms with Crippen molar-refractivity contribution in [2.75, 3.05) is 47.8 Å². The molecule has 10 heteroatoms. The normalized spacial score (nSPS) is 16.3. The van der Waals surface area contributed by atoms with Crippen molar-refractivity contribution in [3.8, 4) is 0 Å². The number of rotatable bonds is 14. The van der Waals surface area contributed by atoms with Crippen molar-refractivity contribution in [1.29, 1.82) is 0 Å². The molecule has 3 atom stereocenters. The molecular weight excluding hydrogens is 630 g/mol. The van der Waals surface area contributed by atoms with Crippen molar-refractivity contribution < 1.29 is 24.3 Å². The number of carbonyl (C=O) groups is 4. The van der Waals surface area contributed by atoms with Gasteiger partial charge in [0.2, 0.25) is 17.7 Å². The molecule has 1 aliphatic heterocycles. The predicted octanol–water partition coefficient (Wildman–Crippen LogP) is 5.07. The summed E-state index contributed by atoms with van der Waals surface area (Å²) in [7, 11) is 7.37.